The summed E-state index contributed by atoms with van der Waals surface area (Å²) in [7, 11) is 0. The van der Waals surface area contributed by atoms with Crippen molar-refractivity contribution in [3.8, 4) is 0 Å². The molecule has 1 atom stereocenters. The molecule has 1 heterocycles. The zero-order valence-corrected chi connectivity index (χ0v) is 12.9. The Bertz CT molecular complexity index is 190. The molecule has 0 bridgehead atoms. The van der Waals surface area contributed by atoms with E-state index < -0.39 is 0 Å². The van der Waals surface area contributed by atoms with Crippen LogP contribution in [0.3, 0.4) is 0 Å². The summed E-state index contributed by atoms with van der Waals surface area (Å²) in [5.74, 6) is 0. The molecule has 1 aliphatic rings. The first-order chi connectivity index (χ1) is 8.74. The number of rotatable bonds is 9. The third-order valence-corrected chi connectivity index (χ3v) is 4.05. The van der Waals surface area contributed by atoms with Crippen LogP contribution in [-0.4, -0.2) is 36.6 Å². The predicted molar refractivity (Wildman–Crippen MR) is 81.1 cm³/mol. The Balaban J connectivity index is 2.05. The molecule has 0 aromatic heterocycles. The van der Waals surface area contributed by atoms with Gasteiger partial charge in [0.1, 0.15) is 0 Å². The summed E-state index contributed by atoms with van der Waals surface area (Å²) < 4.78 is 0. The van der Waals surface area contributed by atoms with Crippen LogP contribution in [0, 0.1) is 0 Å². The topological polar surface area (TPSA) is 15.3 Å². The molecule has 1 aliphatic heterocycles. The predicted octanol–water partition coefficient (Wildman–Crippen LogP) is 3.81. The third kappa shape index (κ3) is 6.75. The third-order valence-electron chi connectivity index (χ3n) is 4.05. The van der Waals surface area contributed by atoms with Gasteiger partial charge >= 0.3 is 0 Å². The van der Waals surface area contributed by atoms with E-state index in [1.807, 2.05) is 0 Å². The highest BCUT2D eigenvalue weighted by Crippen LogP contribution is 2.21. The molecule has 0 amide bonds. The van der Waals surface area contributed by atoms with Crippen LogP contribution < -0.4 is 5.32 Å². The SMILES string of the molecule is CCCC1CCCCN1CCCCCNC(C)C. The number of likely N-dealkylation sites (tertiary alicyclic amines) is 1. The lowest BCUT2D eigenvalue weighted by Crippen LogP contribution is -2.40. The van der Waals surface area contributed by atoms with Crippen molar-refractivity contribution in [2.24, 2.45) is 0 Å². The molecule has 1 rings (SSSR count). The Hall–Kier alpha value is -0.0800. The molecule has 0 radical (unpaired) electrons. The molecule has 1 unspecified atom stereocenters. The first kappa shape index (κ1) is 16.0. The van der Waals surface area contributed by atoms with Crippen LogP contribution in [0.25, 0.3) is 0 Å². The number of hydrogen-bond donors (Lipinski definition) is 1. The van der Waals surface area contributed by atoms with Crippen LogP contribution in [0.1, 0.15) is 72.1 Å². The highest BCUT2D eigenvalue weighted by Gasteiger charge is 2.20. The maximum atomic E-state index is 3.50. The van der Waals surface area contributed by atoms with E-state index >= 15 is 0 Å². The minimum absolute atomic E-state index is 0.640. The van der Waals surface area contributed by atoms with E-state index in [1.165, 1.54) is 71.0 Å². The molecule has 2 heteroatoms. The second-order valence-corrected chi connectivity index (χ2v) is 6.14. The minimum Gasteiger partial charge on any atom is -0.315 e. The summed E-state index contributed by atoms with van der Waals surface area (Å²) in [5, 5.41) is 3.50. The minimum atomic E-state index is 0.640. The van der Waals surface area contributed by atoms with Gasteiger partial charge in [0.05, 0.1) is 0 Å². The summed E-state index contributed by atoms with van der Waals surface area (Å²) in [5.41, 5.74) is 0. The molecule has 1 N–H and O–H groups in total. The lowest BCUT2D eigenvalue weighted by Gasteiger charge is -2.35. The number of nitrogens with one attached hydrogen (secondary N) is 1. The van der Waals surface area contributed by atoms with Crippen LogP contribution >= 0.6 is 0 Å². The fraction of sp³-hybridized carbons (Fsp3) is 1.00. The Kier molecular flexibility index (Phi) is 8.70. The van der Waals surface area contributed by atoms with E-state index in [-0.39, 0.29) is 0 Å². The maximum absolute atomic E-state index is 3.50. The fourth-order valence-electron chi connectivity index (χ4n) is 3.02. The summed E-state index contributed by atoms with van der Waals surface area (Å²) in [4.78, 5) is 2.77. The summed E-state index contributed by atoms with van der Waals surface area (Å²) in [6, 6.07) is 1.54. The normalized spacial score (nSPS) is 21.7. The Labute approximate surface area is 115 Å². The van der Waals surface area contributed by atoms with Crippen molar-refractivity contribution in [2.45, 2.75) is 84.2 Å². The smallest absolute Gasteiger partial charge is 0.00951 e. The Morgan fingerprint density at radius 1 is 1.17 bits per heavy atom. The van der Waals surface area contributed by atoms with Crippen LogP contribution in [-0.2, 0) is 0 Å². The molecule has 1 saturated heterocycles. The van der Waals surface area contributed by atoms with Gasteiger partial charge in [-0.3, -0.25) is 0 Å². The van der Waals surface area contributed by atoms with Crippen molar-refractivity contribution in [3.63, 3.8) is 0 Å². The molecule has 0 saturated carbocycles. The van der Waals surface area contributed by atoms with Gasteiger partial charge in [-0.25, -0.2) is 0 Å². The fourth-order valence-corrected chi connectivity index (χ4v) is 3.02. The molecular formula is C16H34N2. The van der Waals surface area contributed by atoms with Crippen molar-refractivity contribution in [3.05, 3.63) is 0 Å². The van der Waals surface area contributed by atoms with E-state index in [1.54, 1.807) is 0 Å². The second kappa shape index (κ2) is 9.80. The average molecular weight is 254 g/mol. The van der Waals surface area contributed by atoms with Gasteiger partial charge in [0, 0.05) is 12.1 Å². The second-order valence-electron chi connectivity index (χ2n) is 6.14. The van der Waals surface area contributed by atoms with E-state index in [9.17, 15) is 0 Å². The zero-order valence-electron chi connectivity index (χ0n) is 12.9. The lowest BCUT2D eigenvalue weighted by molar-refractivity contribution is 0.137. The first-order valence-electron chi connectivity index (χ1n) is 8.21. The number of piperidine rings is 1. The lowest BCUT2D eigenvalue weighted by atomic mass is 9.98. The monoisotopic (exact) mass is 254 g/mol. The van der Waals surface area contributed by atoms with Crippen LogP contribution in [0.5, 0.6) is 0 Å². The first-order valence-corrected chi connectivity index (χ1v) is 8.21. The Morgan fingerprint density at radius 3 is 2.72 bits per heavy atom. The van der Waals surface area contributed by atoms with Crippen LogP contribution in [0.15, 0.2) is 0 Å². The van der Waals surface area contributed by atoms with Gasteiger partial charge < -0.3 is 10.2 Å². The van der Waals surface area contributed by atoms with Crippen molar-refractivity contribution in [1.82, 2.24) is 10.2 Å². The standard InChI is InChI=1S/C16H34N2/c1-4-10-16-11-6-9-14-18(16)13-8-5-7-12-17-15(2)3/h15-17H,4-14H2,1-3H3. The Morgan fingerprint density at radius 2 is 2.00 bits per heavy atom. The molecular weight excluding hydrogens is 220 g/mol. The highest BCUT2D eigenvalue weighted by molar-refractivity contribution is 4.76. The van der Waals surface area contributed by atoms with Gasteiger partial charge in [-0.15, -0.1) is 0 Å². The number of hydrogen-bond acceptors (Lipinski definition) is 2. The van der Waals surface area contributed by atoms with Crippen LogP contribution in [0.4, 0.5) is 0 Å². The van der Waals surface area contributed by atoms with Gasteiger partial charge in [0.25, 0.3) is 0 Å². The molecule has 0 aromatic carbocycles. The molecule has 18 heavy (non-hydrogen) atoms. The highest BCUT2D eigenvalue weighted by atomic mass is 15.2. The number of nitrogens with zero attached hydrogens (tertiary/aromatic N) is 1. The van der Waals surface area contributed by atoms with Crippen molar-refractivity contribution < 1.29 is 0 Å². The van der Waals surface area contributed by atoms with Gasteiger partial charge in [-0.2, -0.15) is 0 Å². The van der Waals surface area contributed by atoms with E-state index in [0.29, 0.717) is 6.04 Å². The molecule has 0 spiro atoms. The molecule has 1 fully saturated rings. The number of unbranched alkanes of at least 4 members (excludes halogenated alkanes) is 2. The summed E-state index contributed by atoms with van der Waals surface area (Å²) in [6.07, 6.45) is 11.2. The van der Waals surface area contributed by atoms with Gasteiger partial charge in [0.15, 0.2) is 0 Å². The van der Waals surface area contributed by atoms with Gasteiger partial charge in [-0.1, -0.05) is 40.0 Å². The molecule has 108 valence electrons. The van der Waals surface area contributed by atoms with Crippen molar-refractivity contribution in [2.75, 3.05) is 19.6 Å². The van der Waals surface area contributed by atoms with Gasteiger partial charge in [0.2, 0.25) is 0 Å². The van der Waals surface area contributed by atoms with E-state index in [0.717, 1.165) is 6.04 Å². The zero-order chi connectivity index (χ0) is 13.2. The molecule has 0 aliphatic carbocycles. The van der Waals surface area contributed by atoms with Crippen molar-refractivity contribution in [1.29, 1.82) is 0 Å². The van der Waals surface area contributed by atoms with Gasteiger partial charge in [-0.05, 0) is 51.7 Å². The summed E-state index contributed by atoms with van der Waals surface area (Å²) in [6.45, 7) is 10.7. The van der Waals surface area contributed by atoms with Crippen LogP contribution in [0.2, 0.25) is 0 Å². The van der Waals surface area contributed by atoms with Crippen molar-refractivity contribution >= 4 is 0 Å². The largest absolute Gasteiger partial charge is 0.315 e. The maximum Gasteiger partial charge on any atom is 0.00951 e. The summed E-state index contributed by atoms with van der Waals surface area (Å²) >= 11 is 0. The van der Waals surface area contributed by atoms with E-state index in [4.69, 9.17) is 0 Å². The molecule has 0 aromatic rings. The quantitative estimate of drug-likeness (QED) is 0.629. The average Bonchev–Trinajstić information content (AvgIpc) is 2.35. The van der Waals surface area contributed by atoms with E-state index in [2.05, 4.69) is 31.0 Å². The molecule has 2 nitrogen and oxygen atoms in total.